The van der Waals surface area contributed by atoms with Gasteiger partial charge in [-0.1, -0.05) is 67.1 Å². The molecule has 31 heteroatoms. The first-order valence-corrected chi connectivity index (χ1v) is 43.6. The monoisotopic (exact) mass is 1650 g/mol. The highest BCUT2D eigenvalue weighted by Gasteiger charge is 2.46. The molecule has 1 aromatic heterocycles. The minimum Gasteiger partial charge on any atom is -0.454 e. The van der Waals surface area contributed by atoms with Crippen LogP contribution in [0, 0.1) is 11.8 Å². The van der Waals surface area contributed by atoms with Crippen LogP contribution in [-0.2, 0) is 77.9 Å². The Morgan fingerprint density at radius 2 is 0.887 bits per heavy atom. The number of benzene rings is 8. The third kappa shape index (κ3) is 15.9. The van der Waals surface area contributed by atoms with Gasteiger partial charge < -0.3 is 47.9 Å². The molecule has 9 aromatic rings. The average molecular weight is 1650 g/mol. The number of halogens is 2. The van der Waals surface area contributed by atoms with E-state index in [2.05, 4.69) is 9.47 Å². The van der Waals surface area contributed by atoms with Gasteiger partial charge in [-0.05, 0) is 163 Å². The number of ether oxygens (including phenoxy) is 7. The highest BCUT2D eigenvalue weighted by molar-refractivity contribution is 7.91. The van der Waals surface area contributed by atoms with Gasteiger partial charge >= 0.3 is 6.29 Å². The maximum atomic E-state index is 13.7. The zero-order chi connectivity index (χ0) is 80.7. The van der Waals surface area contributed by atoms with E-state index >= 15 is 0 Å². The van der Waals surface area contributed by atoms with Crippen LogP contribution in [0.15, 0.2) is 159 Å². The molecule has 604 valence electrons. The predicted molar refractivity (Wildman–Crippen MR) is 427 cm³/mol. The van der Waals surface area contributed by atoms with E-state index in [0.29, 0.717) is 142 Å². The van der Waals surface area contributed by atoms with Crippen LogP contribution in [0.5, 0.6) is 23.0 Å². The number of anilines is 3. The quantitative estimate of drug-likeness (QED) is 0.0432. The fraction of sp³-hybridized carbons (Fsp3) is 0.381. The number of alkyl halides is 2. The van der Waals surface area contributed by atoms with Crippen molar-refractivity contribution in [3.05, 3.63) is 178 Å². The Balaban J connectivity index is 0.000000136. The topological polar surface area (TPSA) is 289 Å². The minimum atomic E-state index is -4.21. The van der Waals surface area contributed by atoms with E-state index in [-0.39, 0.29) is 114 Å². The van der Waals surface area contributed by atoms with Crippen LogP contribution in [-0.4, -0.2) is 186 Å². The van der Waals surface area contributed by atoms with E-state index in [0.717, 1.165) is 89.8 Å². The lowest BCUT2D eigenvalue weighted by molar-refractivity contribution is -0.286. The number of carbonyl (C=O) groups is 6. The molecule has 9 heterocycles. The summed E-state index contributed by atoms with van der Waals surface area (Å²) in [4.78, 5) is 84.7. The molecule has 8 aliphatic heterocycles. The van der Waals surface area contributed by atoms with Crippen LogP contribution in [0.3, 0.4) is 0 Å². The summed E-state index contributed by atoms with van der Waals surface area (Å²) in [6.07, 6.45) is 2.35. The van der Waals surface area contributed by atoms with Crippen LogP contribution < -0.4 is 33.6 Å². The molecule has 0 aliphatic carbocycles. The van der Waals surface area contributed by atoms with Gasteiger partial charge in [0.1, 0.15) is 15.8 Å². The van der Waals surface area contributed by atoms with Crippen molar-refractivity contribution in [2.45, 2.75) is 110 Å². The Bertz CT molecular complexity index is 5680. The van der Waals surface area contributed by atoms with Gasteiger partial charge in [0.25, 0.3) is 27.7 Å². The van der Waals surface area contributed by atoms with Crippen molar-refractivity contribution in [1.29, 1.82) is 0 Å². The van der Waals surface area contributed by atoms with Gasteiger partial charge in [0, 0.05) is 170 Å². The average Bonchev–Trinajstić information content (AvgIpc) is 1.64. The standard InChI is InChI=1S/C29H28F2N2O7S.C29H30N2O7S.C26H28N2O5S2/c1-38-15-5-13-32-23-11-9-18(20-6-4-7-21(27(20)23)28(32)35)16-24(34)22-8-2-3-14-33(22)41(36,37)19-10-12-25-26(17-19)40-29(30,31)39-25;1-36-15-3-12-31-24-8-6-20(22-4-2-5-23(28(22)24)29(31)33)16-25(32)19-10-13-30(14-11-19)39(34,35)21-7-9-26-27(17-21)38-18-37-26;1-33-15-4-12-28-22-9-8-19(20-5-2-6-21(25(20)22)26(28)30)17-23(29)18-10-13-27(14-11-18)35(31,32)24-7-3-16-34-24/h4,6-7,9-12,17,22H,2-3,5,8,13-16H2,1H3;2,4-9,17,19H,3,10-16,18H2,1H3;2-3,5-9,16,18H,4,10-15,17H2,1H3. The summed E-state index contributed by atoms with van der Waals surface area (Å²) in [5.41, 5.74) is 6.96. The van der Waals surface area contributed by atoms with E-state index in [1.807, 2.05) is 78.9 Å². The van der Waals surface area contributed by atoms with Crippen molar-refractivity contribution in [3.63, 3.8) is 0 Å². The van der Waals surface area contributed by atoms with Gasteiger partial charge in [-0.15, -0.1) is 20.1 Å². The van der Waals surface area contributed by atoms with E-state index < -0.39 is 42.4 Å². The Morgan fingerprint density at radius 1 is 0.461 bits per heavy atom. The van der Waals surface area contributed by atoms with Gasteiger partial charge in [-0.25, -0.2) is 25.3 Å². The fourth-order valence-electron chi connectivity index (χ4n) is 16.8. The molecule has 1 atom stereocenters. The Labute approximate surface area is 668 Å². The molecule has 0 radical (unpaired) electrons. The molecule has 8 aliphatic rings. The number of amides is 3. The van der Waals surface area contributed by atoms with Crippen molar-refractivity contribution in [1.82, 2.24) is 12.9 Å². The summed E-state index contributed by atoms with van der Waals surface area (Å²) < 4.78 is 146. The summed E-state index contributed by atoms with van der Waals surface area (Å²) in [6, 6.07) is 38.6. The highest BCUT2D eigenvalue weighted by atomic mass is 32.2. The maximum absolute atomic E-state index is 13.7. The number of sulfonamides is 3. The van der Waals surface area contributed by atoms with Crippen molar-refractivity contribution in [3.8, 4) is 23.0 Å². The predicted octanol–water partition coefficient (Wildman–Crippen LogP) is 12.4. The van der Waals surface area contributed by atoms with Crippen LogP contribution in [0.25, 0.3) is 32.3 Å². The lowest BCUT2D eigenvalue weighted by Crippen LogP contribution is -2.48. The van der Waals surface area contributed by atoms with Crippen molar-refractivity contribution >= 4 is 126 Å². The van der Waals surface area contributed by atoms with E-state index in [9.17, 15) is 62.8 Å². The van der Waals surface area contributed by atoms with E-state index in [1.165, 1.54) is 38.1 Å². The number of hydrogen-bond donors (Lipinski definition) is 0. The van der Waals surface area contributed by atoms with Crippen LogP contribution in [0.2, 0.25) is 0 Å². The van der Waals surface area contributed by atoms with Crippen molar-refractivity contribution in [2.24, 2.45) is 11.8 Å². The molecule has 115 heavy (non-hydrogen) atoms. The third-order valence-corrected chi connectivity index (χ3v) is 29.7. The smallest absolute Gasteiger partial charge is 0.454 e. The maximum Gasteiger partial charge on any atom is 0.586 e. The zero-order valence-corrected chi connectivity index (χ0v) is 66.9. The van der Waals surface area contributed by atoms with Gasteiger partial charge in [-0.3, -0.25) is 28.8 Å². The Morgan fingerprint density at radius 3 is 1.35 bits per heavy atom. The number of ketones is 3. The molecule has 0 spiro atoms. The number of nitrogens with zero attached hydrogens (tertiary/aromatic N) is 6. The molecule has 1 unspecified atom stereocenters. The molecule has 3 saturated heterocycles. The molecular weight excluding hydrogens is 1560 g/mol. The van der Waals surface area contributed by atoms with Gasteiger partial charge in [-0.2, -0.15) is 12.9 Å². The second-order valence-electron chi connectivity index (χ2n) is 29.5. The van der Waals surface area contributed by atoms with Gasteiger partial charge in [0.15, 0.2) is 28.8 Å². The SMILES string of the molecule is COCCCN1C(=O)c2cccc3c(CC(=O)C4CCCCN4S(=O)(=O)c4ccc5c(c4)OC(F)(F)O5)ccc1c23.COCCCN1C(=O)c2cccc3c(CC(=O)C4CCN(S(=O)(=O)c5ccc6c(c5)OCO6)CC4)ccc1c23.COCCCN1C(=O)c2cccc3c(CC(=O)C4CCN(S(=O)(=O)c5cccs5)CC4)ccc1c23. The normalized spacial score (nSPS) is 18.1. The summed E-state index contributed by atoms with van der Waals surface area (Å²) in [5, 5.41) is 6.99. The second kappa shape index (κ2) is 33.5. The first-order valence-electron chi connectivity index (χ1n) is 38.4. The van der Waals surface area contributed by atoms with Crippen LogP contribution in [0.4, 0.5) is 25.8 Å². The number of Topliss-reactive ketones (excluding diaryl/α,β-unsaturated/α-hetero) is 3. The van der Waals surface area contributed by atoms with Gasteiger partial charge in [0.2, 0.25) is 26.8 Å². The summed E-state index contributed by atoms with van der Waals surface area (Å²) >= 11 is 1.22. The van der Waals surface area contributed by atoms with Crippen molar-refractivity contribution in [2.75, 3.05) is 115 Å². The lowest BCUT2D eigenvalue weighted by atomic mass is 9.88. The molecule has 0 N–H and O–H groups in total. The molecule has 25 nitrogen and oxygen atoms in total. The lowest BCUT2D eigenvalue weighted by Gasteiger charge is -2.33. The minimum absolute atomic E-state index is 0.00972. The van der Waals surface area contributed by atoms with Crippen LogP contribution in [0.1, 0.15) is 112 Å². The number of fused-ring (bicyclic) bond motifs is 2. The first kappa shape index (κ1) is 80.5. The van der Waals surface area contributed by atoms with E-state index in [1.54, 1.807) is 71.7 Å². The molecule has 3 amide bonds. The number of methoxy groups -OCH3 is 3. The van der Waals surface area contributed by atoms with Gasteiger partial charge in [0.05, 0.1) is 32.9 Å². The van der Waals surface area contributed by atoms with Crippen molar-refractivity contribution < 1.29 is 96.0 Å². The molecule has 0 bridgehead atoms. The number of hydrogen-bond acceptors (Lipinski definition) is 20. The second-order valence-corrected chi connectivity index (χ2v) is 36.4. The number of thiophene rings is 1. The van der Waals surface area contributed by atoms with Crippen LogP contribution >= 0.6 is 11.3 Å². The third-order valence-electron chi connectivity index (χ3n) is 22.6. The summed E-state index contributed by atoms with van der Waals surface area (Å²) in [7, 11) is -6.48. The first-order chi connectivity index (χ1) is 55.4. The summed E-state index contributed by atoms with van der Waals surface area (Å²) in [6.45, 7) is 4.81. The summed E-state index contributed by atoms with van der Waals surface area (Å²) in [5.74, 6) is -0.261. The largest absolute Gasteiger partial charge is 0.586 e. The molecule has 3 fully saturated rings. The Kier molecular flexibility index (Phi) is 23.5. The highest BCUT2D eigenvalue weighted by Crippen LogP contribution is 2.46. The molecule has 0 saturated carbocycles. The molecule has 8 aromatic carbocycles. The zero-order valence-electron chi connectivity index (χ0n) is 63.6. The number of piperidine rings is 3. The van der Waals surface area contributed by atoms with E-state index in [4.69, 9.17) is 23.7 Å². The fourth-order valence-corrected chi connectivity index (χ4v) is 22.6. The number of carbonyl (C=O) groups excluding carboxylic acids is 6. The Hall–Kier alpha value is -9.67. The molecular formula is C84H86F2N6O19S4. The molecule has 17 rings (SSSR count). The number of rotatable bonds is 27.